The molecule has 1 aliphatic carbocycles. The van der Waals surface area contributed by atoms with E-state index in [1.165, 1.54) is 12.5 Å². The lowest BCUT2D eigenvalue weighted by atomic mass is 9.98. The van der Waals surface area contributed by atoms with E-state index >= 15 is 0 Å². The number of hydrogen-bond acceptors (Lipinski definition) is 4. The first-order chi connectivity index (χ1) is 13.6. The fourth-order valence-corrected chi connectivity index (χ4v) is 4.00. The first kappa shape index (κ1) is 18.5. The van der Waals surface area contributed by atoms with Gasteiger partial charge in [0.1, 0.15) is 11.9 Å². The third-order valence-electron chi connectivity index (χ3n) is 5.66. The van der Waals surface area contributed by atoms with Crippen molar-refractivity contribution in [2.45, 2.75) is 51.2 Å². The minimum atomic E-state index is -0.247. The number of rotatable bonds is 5. The number of ether oxygens (including phenoxy) is 1. The van der Waals surface area contributed by atoms with Crippen LogP contribution in [0.4, 0.5) is 0 Å². The molecule has 1 saturated carbocycles. The van der Waals surface area contributed by atoms with Crippen LogP contribution in [-0.4, -0.2) is 34.5 Å². The number of phenols is 1. The number of carbonyl (C=O) groups is 2. The van der Waals surface area contributed by atoms with Gasteiger partial charge in [-0.05, 0) is 67.5 Å². The summed E-state index contributed by atoms with van der Waals surface area (Å²) in [6.45, 7) is 1.17. The SMILES string of the molecule is O=C(OC1CCCCC1)c1ccc(CCN2Cc3ccc(O)cc3C2=O)cc1. The van der Waals surface area contributed by atoms with E-state index in [-0.39, 0.29) is 23.7 Å². The van der Waals surface area contributed by atoms with E-state index in [0.717, 1.165) is 36.8 Å². The summed E-state index contributed by atoms with van der Waals surface area (Å²) in [6.07, 6.45) is 6.20. The fraction of sp³-hybridized carbons (Fsp3) is 0.391. The van der Waals surface area contributed by atoms with Crippen LogP contribution >= 0.6 is 0 Å². The molecule has 0 spiro atoms. The van der Waals surface area contributed by atoms with E-state index in [4.69, 9.17) is 4.74 Å². The monoisotopic (exact) mass is 379 g/mol. The molecule has 1 heterocycles. The molecule has 1 amide bonds. The molecule has 0 atom stereocenters. The Hall–Kier alpha value is -2.82. The third-order valence-corrected chi connectivity index (χ3v) is 5.66. The highest BCUT2D eigenvalue weighted by atomic mass is 16.5. The predicted octanol–water partition coefficient (Wildman–Crippen LogP) is 4.08. The van der Waals surface area contributed by atoms with Crippen LogP contribution in [-0.2, 0) is 17.7 Å². The van der Waals surface area contributed by atoms with Crippen molar-refractivity contribution >= 4 is 11.9 Å². The average molecular weight is 379 g/mol. The quantitative estimate of drug-likeness (QED) is 0.795. The van der Waals surface area contributed by atoms with Crippen molar-refractivity contribution in [3.8, 4) is 5.75 Å². The average Bonchev–Trinajstić information content (AvgIpc) is 3.03. The van der Waals surface area contributed by atoms with Gasteiger partial charge in [-0.25, -0.2) is 4.79 Å². The van der Waals surface area contributed by atoms with Gasteiger partial charge in [0, 0.05) is 18.7 Å². The number of carbonyl (C=O) groups excluding carboxylic acids is 2. The van der Waals surface area contributed by atoms with Crippen molar-refractivity contribution < 1.29 is 19.4 Å². The molecular weight excluding hydrogens is 354 g/mol. The molecule has 0 aromatic heterocycles. The molecule has 2 aliphatic rings. The number of nitrogens with zero attached hydrogens (tertiary/aromatic N) is 1. The van der Waals surface area contributed by atoms with Gasteiger partial charge in [0.15, 0.2) is 0 Å². The molecule has 0 bridgehead atoms. The van der Waals surface area contributed by atoms with Gasteiger partial charge < -0.3 is 14.7 Å². The summed E-state index contributed by atoms with van der Waals surface area (Å²) in [4.78, 5) is 26.5. The molecule has 0 unspecified atom stereocenters. The summed E-state index contributed by atoms with van der Waals surface area (Å²) in [5, 5.41) is 9.57. The summed E-state index contributed by atoms with van der Waals surface area (Å²) in [5.41, 5.74) is 3.18. The van der Waals surface area contributed by atoms with Gasteiger partial charge in [0.25, 0.3) is 5.91 Å². The molecule has 5 heteroatoms. The summed E-state index contributed by atoms with van der Waals surface area (Å²) < 4.78 is 5.61. The maximum Gasteiger partial charge on any atom is 0.338 e. The van der Waals surface area contributed by atoms with Crippen molar-refractivity contribution in [3.63, 3.8) is 0 Å². The van der Waals surface area contributed by atoms with Crippen LogP contribution in [0, 0.1) is 0 Å². The van der Waals surface area contributed by atoms with Gasteiger partial charge in [-0.2, -0.15) is 0 Å². The number of amides is 1. The molecule has 146 valence electrons. The zero-order valence-corrected chi connectivity index (χ0v) is 15.9. The van der Waals surface area contributed by atoms with Crippen molar-refractivity contribution in [2.75, 3.05) is 6.54 Å². The molecule has 2 aromatic rings. The van der Waals surface area contributed by atoms with Crippen LogP contribution < -0.4 is 0 Å². The summed E-state index contributed by atoms with van der Waals surface area (Å²) >= 11 is 0. The lowest BCUT2D eigenvalue weighted by molar-refractivity contribution is 0.0211. The van der Waals surface area contributed by atoms with Crippen molar-refractivity contribution in [2.24, 2.45) is 0 Å². The van der Waals surface area contributed by atoms with E-state index in [2.05, 4.69) is 0 Å². The number of phenolic OH excluding ortho intramolecular Hbond substituents is 1. The molecular formula is C23H25NO4. The second-order valence-electron chi connectivity index (χ2n) is 7.68. The number of hydrogen-bond donors (Lipinski definition) is 1. The predicted molar refractivity (Wildman–Crippen MR) is 105 cm³/mol. The molecule has 5 nitrogen and oxygen atoms in total. The maximum atomic E-state index is 12.5. The summed E-state index contributed by atoms with van der Waals surface area (Å²) in [6, 6.07) is 12.4. The van der Waals surface area contributed by atoms with Crippen LogP contribution in [0.15, 0.2) is 42.5 Å². The fourth-order valence-electron chi connectivity index (χ4n) is 4.00. The normalized spacial score (nSPS) is 16.9. The standard InChI is InChI=1S/C23H25NO4/c25-19-11-10-18-15-24(22(26)21(18)14-19)13-12-16-6-8-17(9-7-16)23(27)28-20-4-2-1-3-5-20/h6-11,14,20,25H,1-5,12-13,15H2. The van der Waals surface area contributed by atoms with Crippen molar-refractivity contribution in [1.82, 2.24) is 4.90 Å². The molecule has 1 fully saturated rings. The number of aromatic hydroxyl groups is 1. The van der Waals surface area contributed by atoms with Gasteiger partial charge in [0.2, 0.25) is 0 Å². The Morgan fingerprint density at radius 3 is 2.57 bits per heavy atom. The van der Waals surface area contributed by atoms with E-state index in [1.807, 2.05) is 12.1 Å². The van der Waals surface area contributed by atoms with Crippen LogP contribution in [0.25, 0.3) is 0 Å². The highest BCUT2D eigenvalue weighted by molar-refractivity contribution is 5.98. The Balaban J connectivity index is 1.31. The van der Waals surface area contributed by atoms with Crippen LogP contribution in [0.3, 0.4) is 0 Å². The largest absolute Gasteiger partial charge is 0.508 e. The van der Waals surface area contributed by atoms with Gasteiger partial charge in [0.05, 0.1) is 5.56 Å². The Morgan fingerprint density at radius 1 is 1.07 bits per heavy atom. The Bertz CT molecular complexity index is 869. The van der Waals surface area contributed by atoms with Crippen molar-refractivity contribution in [3.05, 3.63) is 64.7 Å². The van der Waals surface area contributed by atoms with Crippen LogP contribution in [0.1, 0.15) is 63.9 Å². The van der Waals surface area contributed by atoms with Crippen LogP contribution in [0.5, 0.6) is 5.75 Å². The van der Waals surface area contributed by atoms with Gasteiger partial charge >= 0.3 is 5.97 Å². The highest BCUT2D eigenvalue weighted by Gasteiger charge is 2.27. The molecule has 0 radical (unpaired) electrons. The summed E-state index contributed by atoms with van der Waals surface area (Å²) in [7, 11) is 0. The highest BCUT2D eigenvalue weighted by Crippen LogP contribution is 2.26. The maximum absolute atomic E-state index is 12.5. The second kappa shape index (κ2) is 8.05. The molecule has 1 aliphatic heterocycles. The van der Waals surface area contributed by atoms with Gasteiger partial charge in [-0.3, -0.25) is 4.79 Å². The molecule has 28 heavy (non-hydrogen) atoms. The van der Waals surface area contributed by atoms with Crippen molar-refractivity contribution in [1.29, 1.82) is 0 Å². The molecule has 1 N–H and O–H groups in total. The Labute approximate surface area is 164 Å². The lowest BCUT2D eigenvalue weighted by Gasteiger charge is -2.21. The number of benzene rings is 2. The Morgan fingerprint density at radius 2 is 1.82 bits per heavy atom. The molecule has 0 saturated heterocycles. The third kappa shape index (κ3) is 4.03. The molecule has 4 rings (SSSR count). The first-order valence-corrected chi connectivity index (χ1v) is 10.0. The van der Waals surface area contributed by atoms with Gasteiger partial charge in [-0.1, -0.05) is 24.6 Å². The summed E-state index contributed by atoms with van der Waals surface area (Å²) in [5.74, 6) is -0.174. The van der Waals surface area contributed by atoms with Gasteiger partial charge in [-0.15, -0.1) is 0 Å². The van der Waals surface area contributed by atoms with E-state index in [1.54, 1.807) is 29.2 Å². The van der Waals surface area contributed by atoms with E-state index < -0.39 is 0 Å². The first-order valence-electron chi connectivity index (χ1n) is 10.0. The lowest BCUT2D eigenvalue weighted by Crippen LogP contribution is -2.26. The second-order valence-corrected chi connectivity index (χ2v) is 7.68. The zero-order chi connectivity index (χ0) is 19.5. The number of fused-ring (bicyclic) bond motifs is 1. The molecule has 2 aromatic carbocycles. The van der Waals surface area contributed by atoms with E-state index in [0.29, 0.717) is 30.6 Å². The minimum absolute atomic E-state index is 0.0430. The minimum Gasteiger partial charge on any atom is -0.508 e. The van der Waals surface area contributed by atoms with Crippen LogP contribution in [0.2, 0.25) is 0 Å². The Kier molecular flexibility index (Phi) is 5.33. The zero-order valence-electron chi connectivity index (χ0n) is 15.9. The van der Waals surface area contributed by atoms with E-state index in [9.17, 15) is 14.7 Å². The number of esters is 1. The topological polar surface area (TPSA) is 66.8 Å². The smallest absolute Gasteiger partial charge is 0.338 e.